The molecule has 1 unspecified atom stereocenters. The number of amides is 2. The van der Waals surface area contributed by atoms with Crippen molar-refractivity contribution in [2.24, 2.45) is 0 Å². The summed E-state index contributed by atoms with van der Waals surface area (Å²) in [5, 5.41) is 11.7. The highest BCUT2D eigenvalue weighted by Gasteiger charge is 2.35. The molecule has 9 heteroatoms. The third kappa shape index (κ3) is 5.78. The summed E-state index contributed by atoms with van der Waals surface area (Å²) in [6.45, 7) is 1.90. The van der Waals surface area contributed by atoms with Crippen LogP contribution in [0.2, 0.25) is 0 Å². The second-order valence-electron chi connectivity index (χ2n) is 10.2. The minimum atomic E-state index is -0.952. The summed E-state index contributed by atoms with van der Waals surface area (Å²) in [5.74, 6) is 0.489. The number of carbonyl (C=O) groups excluding carboxylic acids is 2. The first-order chi connectivity index (χ1) is 19.5. The van der Waals surface area contributed by atoms with Crippen molar-refractivity contribution in [2.45, 2.75) is 57.7 Å². The Morgan fingerprint density at radius 2 is 1.70 bits per heavy atom. The first-order valence-corrected chi connectivity index (χ1v) is 13.7. The van der Waals surface area contributed by atoms with Crippen LogP contribution in [0, 0.1) is 6.92 Å². The van der Waals surface area contributed by atoms with E-state index in [0.717, 1.165) is 36.8 Å². The standard InChI is InChI=1S/C31H35N5O4/c1-21-13-16-24(17-14-21)36(29(37)20-35-26-12-8-7-11-25(26)33-34-35)30(31(38)32-23-9-5-4-6-10-23)22-15-18-27(39-2)28(19-22)40-3/h7-8,11-19,23,30H,4-6,9-10,20H2,1-3H3,(H,32,38). The van der Waals surface area contributed by atoms with Crippen LogP contribution >= 0.6 is 0 Å². The molecule has 5 rings (SSSR count). The molecule has 1 fully saturated rings. The number of anilines is 1. The number of para-hydroxylation sites is 1. The molecule has 40 heavy (non-hydrogen) atoms. The van der Waals surface area contributed by atoms with Gasteiger partial charge in [0.15, 0.2) is 11.5 Å². The molecule has 9 nitrogen and oxygen atoms in total. The lowest BCUT2D eigenvalue weighted by molar-refractivity contribution is -0.127. The maximum atomic E-state index is 14.2. The fourth-order valence-electron chi connectivity index (χ4n) is 5.35. The van der Waals surface area contributed by atoms with Crippen molar-refractivity contribution in [2.75, 3.05) is 19.1 Å². The highest BCUT2D eigenvalue weighted by molar-refractivity contribution is 6.01. The highest BCUT2D eigenvalue weighted by atomic mass is 16.5. The normalized spacial score (nSPS) is 14.5. The number of hydrogen-bond donors (Lipinski definition) is 1. The van der Waals surface area contributed by atoms with E-state index in [2.05, 4.69) is 15.6 Å². The average Bonchev–Trinajstić information content (AvgIpc) is 3.39. The minimum Gasteiger partial charge on any atom is -0.493 e. The van der Waals surface area contributed by atoms with Crippen molar-refractivity contribution in [3.63, 3.8) is 0 Å². The number of nitrogens with zero attached hydrogens (tertiary/aromatic N) is 4. The van der Waals surface area contributed by atoms with Crippen LogP contribution in [0.15, 0.2) is 66.7 Å². The van der Waals surface area contributed by atoms with E-state index in [1.54, 1.807) is 35.9 Å². The number of benzene rings is 3. The predicted octanol–water partition coefficient (Wildman–Crippen LogP) is 4.98. The zero-order valence-corrected chi connectivity index (χ0v) is 23.2. The molecule has 1 N–H and O–H groups in total. The summed E-state index contributed by atoms with van der Waals surface area (Å²) < 4.78 is 12.6. The number of methoxy groups -OCH3 is 2. The fourth-order valence-corrected chi connectivity index (χ4v) is 5.35. The molecule has 1 heterocycles. The van der Waals surface area contributed by atoms with Crippen molar-refractivity contribution in [1.82, 2.24) is 20.3 Å². The summed E-state index contributed by atoms with van der Waals surface area (Å²) in [6.07, 6.45) is 5.17. The van der Waals surface area contributed by atoms with E-state index in [0.29, 0.717) is 28.3 Å². The number of aryl methyl sites for hydroxylation is 1. The van der Waals surface area contributed by atoms with Gasteiger partial charge in [0.25, 0.3) is 0 Å². The number of carbonyl (C=O) groups is 2. The van der Waals surface area contributed by atoms with Crippen LogP contribution < -0.4 is 19.7 Å². The predicted molar refractivity (Wildman–Crippen MR) is 153 cm³/mol. The Bertz CT molecular complexity index is 1480. The largest absolute Gasteiger partial charge is 0.493 e. The topological polar surface area (TPSA) is 98.6 Å². The molecule has 2 amide bonds. The Labute approximate surface area is 234 Å². The van der Waals surface area contributed by atoms with Crippen molar-refractivity contribution in [1.29, 1.82) is 0 Å². The third-order valence-electron chi connectivity index (χ3n) is 7.47. The molecule has 3 aromatic carbocycles. The number of hydrogen-bond acceptors (Lipinski definition) is 6. The molecular formula is C31H35N5O4. The monoisotopic (exact) mass is 541 g/mol. The Morgan fingerprint density at radius 3 is 2.42 bits per heavy atom. The van der Waals surface area contributed by atoms with E-state index in [4.69, 9.17) is 9.47 Å². The molecular weight excluding hydrogens is 506 g/mol. The van der Waals surface area contributed by atoms with Gasteiger partial charge < -0.3 is 14.8 Å². The van der Waals surface area contributed by atoms with Crippen molar-refractivity contribution in [3.05, 3.63) is 77.9 Å². The van der Waals surface area contributed by atoms with Crippen LogP contribution in [0.1, 0.15) is 49.3 Å². The van der Waals surface area contributed by atoms with Crippen LogP contribution in [-0.2, 0) is 16.1 Å². The van der Waals surface area contributed by atoms with Gasteiger partial charge in [0.05, 0.1) is 19.7 Å². The fraction of sp³-hybridized carbons (Fsp3) is 0.355. The first kappa shape index (κ1) is 27.2. The molecule has 0 radical (unpaired) electrons. The van der Waals surface area contributed by atoms with Gasteiger partial charge in [-0.1, -0.05) is 60.4 Å². The minimum absolute atomic E-state index is 0.0677. The zero-order valence-electron chi connectivity index (χ0n) is 23.2. The second-order valence-corrected chi connectivity index (χ2v) is 10.2. The molecule has 1 saturated carbocycles. The number of nitrogens with one attached hydrogen (secondary N) is 1. The summed E-state index contributed by atoms with van der Waals surface area (Å²) in [4.78, 5) is 29.9. The van der Waals surface area contributed by atoms with E-state index in [-0.39, 0.29) is 24.4 Å². The smallest absolute Gasteiger partial charge is 0.249 e. The van der Waals surface area contributed by atoms with Gasteiger partial charge in [-0.05, 0) is 61.7 Å². The van der Waals surface area contributed by atoms with Crippen LogP contribution in [0.4, 0.5) is 5.69 Å². The van der Waals surface area contributed by atoms with Gasteiger partial charge in [0.1, 0.15) is 18.1 Å². The molecule has 1 aliphatic carbocycles. The third-order valence-corrected chi connectivity index (χ3v) is 7.47. The Hall–Kier alpha value is -4.40. The van der Waals surface area contributed by atoms with Gasteiger partial charge in [-0.3, -0.25) is 14.5 Å². The number of ether oxygens (including phenoxy) is 2. The van der Waals surface area contributed by atoms with Gasteiger partial charge in [-0.15, -0.1) is 5.10 Å². The summed E-state index contributed by atoms with van der Waals surface area (Å²) in [5.41, 5.74) is 3.72. The van der Waals surface area contributed by atoms with E-state index < -0.39 is 6.04 Å². The van der Waals surface area contributed by atoms with Crippen molar-refractivity contribution >= 4 is 28.5 Å². The number of rotatable bonds is 9. The van der Waals surface area contributed by atoms with E-state index in [9.17, 15) is 9.59 Å². The zero-order chi connectivity index (χ0) is 28.1. The van der Waals surface area contributed by atoms with Crippen molar-refractivity contribution in [3.8, 4) is 11.5 Å². The molecule has 0 aliphatic heterocycles. The summed E-state index contributed by atoms with van der Waals surface area (Å²) >= 11 is 0. The van der Waals surface area contributed by atoms with Crippen LogP contribution in [0.3, 0.4) is 0 Å². The lowest BCUT2D eigenvalue weighted by Gasteiger charge is -2.33. The van der Waals surface area contributed by atoms with Crippen molar-refractivity contribution < 1.29 is 19.1 Å². The highest BCUT2D eigenvalue weighted by Crippen LogP contribution is 2.35. The molecule has 1 atom stereocenters. The maximum absolute atomic E-state index is 14.2. The van der Waals surface area contributed by atoms with Gasteiger partial charge >= 0.3 is 0 Å². The van der Waals surface area contributed by atoms with Crippen LogP contribution in [-0.4, -0.2) is 47.1 Å². The number of aromatic nitrogens is 3. The van der Waals surface area contributed by atoms with Crippen LogP contribution in [0.25, 0.3) is 11.0 Å². The van der Waals surface area contributed by atoms with Gasteiger partial charge in [0.2, 0.25) is 11.8 Å². The van der Waals surface area contributed by atoms with E-state index >= 15 is 0 Å². The average molecular weight is 542 g/mol. The second kappa shape index (κ2) is 12.2. The summed E-state index contributed by atoms with van der Waals surface area (Å²) in [6, 6.07) is 19.6. The quantitative estimate of drug-likeness (QED) is 0.321. The molecule has 208 valence electrons. The Balaban J connectivity index is 1.59. The lowest BCUT2D eigenvalue weighted by atomic mass is 9.94. The maximum Gasteiger partial charge on any atom is 0.249 e. The Morgan fingerprint density at radius 1 is 0.975 bits per heavy atom. The number of fused-ring (bicyclic) bond motifs is 1. The molecule has 1 aromatic heterocycles. The van der Waals surface area contributed by atoms with E-state index in [1.807, 2.05) is 61.5 Å². The first-order valence-electron chi connectivity index (χ1n) is 13.7. The molecule has 0 spiro atoms. The van der Waals surface area contributed by atoms with Gasteiger partial charge in [-0.25, -0.2) is 4.68 Å². The molecule has 4 aromatic rings. The lowest BCUT2D eigenvalue weighted by Crippen LogP contribution is -2.48. The molecule has 0 saturated heterocycles. The summed E-state index contributed by atoms with van der Waals surface area (Å²) in [7, 11) is 3.12. The van der Waals surface area contributed by atoms with Gasteiger partial charge in [-0.2, -0.15) is 0 Å². The van der Waals surface area contributed by atoms with Gasteiger partial charge in [0, 0.05) is 11.7 Å². The SMILES string of the molecule is COc1ccc(C(C(=O)NC2CCCCC2)N(C(=O)Cn2nnc3ccccc32)c2ccc(C)cc2)cc1OC. The molecule has 1 aliphatic rings. The molecule has 0 bridgehead atoms. The Kier molecular flexibility index (Phi) is 8.28. The van der Waals surface area contributed by atoms with E-state index in [1.165, 1.54) is 6.42 Å². The van der Waals surface area contributed by atoms with Crippen LogP contribution in [0.5, 0.6) is 11.5 Å².